The molecule has 0 amide bonds. The first-order valence-corrected chi connectivity index (χ1v) is 14.0. The summed E-state index contributed by atoms with van der Waals surface area (Å²) in [4.78, 5) is 0. The molecule has 0 saturated heterocycles. The van der Waals surface area contributed by atoms with Gasteiger partial charge in [-0.15, -0.1) is 0 Å². The summed E-state index contributed by atoms with van der Waals surface area (Å²) in [6, 6.07) is 28.1. The van der Waals surface area contributed by atoms with Gasteiger partial charge >= 0.3 is 0 Å². The highest BCUT2D eigenvalue weighted by molar-refractivity contribution is 6.99. The standard InChI is InChI=1S/C30H36O3Si/c1-23-16-19-27(29(20-23)32-22-31-5)28(24-17-18-24)21-33-34(30(2,3)4,25-12-8-6-9-13-25)26-14-10-7-11-15-26/h6-16,19-20H,17-18,21-22H2,1-5H3. The highest BCUT2D eigenvalue weighted by atomic mass is 28.4. The van der Waals surface area contributed by atoms with Gasteiger partial charge < -0.3 is 13.9 Å². The van der Waals surface area contributed by atoms with Crippen LogP contribution in [0.15, 0.2) is 84.4 Å². The zero-order chi connectivity index (χ0) is 24.2. The average Bonchev–Trinajstić information content (AvgIpc) is 3.67. The number of methoxy groups -OCH3 is 1. The van der Waals surface area contributed by atoms with Crippen molar-refractivity contribution in [3.8, 4) is 5.75 Å². The van der Waals surface area contributed by atoms with Crippen LogP contribution < -0.4 is 15.1 Å². The molecule has 0 bridgehead atoms. The van der Waals surface area contributed by atoms with Gasteiger partial charge in [0.05, 0.1) is 6.61 Å². The monoisotopic (exact) mass is 472 g/mol. The molecule has 4 rings (SSSR count). The maximum absolute atomic E-state index is 7.27. The lowest BCUT2D eigenvalue weighted by atomic mass is 10.0. The van der Waals surface area contributed by atoms with E-state index in [2.05, 4.69) is 107 Å². The van der Waals surface area contributed by atoms with Gasteiger partial charge in [0.2, 0.25) is 0 Å². The molecule has 0 heterocycles. The minimum atomic E-state index is -2.62. The van der Waals surface area contributed by atoms with Crippen molar-refractivity contribution in [3.05, 3.63) is 95.6 Å². The average molecular weight is 473 g/mol. The third-order valence-electron chi connectivity index (χ3n) is 6.57. The van der Waals surface area contributed by atoms with Crippen molar-refractivity contribution in [2.24, 2.45) is 0 Å². The number of ether oxygens (including phenoxy) is 2. The van der Waals surface area contributed by atoms with Gasteiger partial charge in [-0.25, -0.2) is 0 Å². The van der Waals surface area contributed by atoms with Gasteiger partial charge in [0, 0.05) is 12.7 Å². The van der Waals surface area contributed by atoms with E-state index in [-0.39, 0.29) is 11.8 Å². The van der Waals surface area contributed by atoms with Crippen LogP contribution in [0.4, 0.5) is 0 Å². The van der Waals surface area contributed by atoms with Crippen molar-refractivity contribution < 1.29 is 13.9 Å². The molecule has 0 N–H and O–H groups in total. The minimum absolute atomic E-state index is 0.0578. The largest absolute Gasteiger partial charge is 0.467 e. The van der Waals surface area contributed by atoms with Crippen molar-refractivity contribution in [2.45, 2.75) is 45.6 Å². The van der Waals surface area contributed by atoms with Crippen LogP contribution in [0.1, 0.15) is 44.7 Å². The van der Waals surface area contributed by atoms with E-state index in [1.54, 1.807) is 7.11 Å². The first-order valence-electron chi connectivity index (χ1n) is 12.1. The normalized spacial score (nSPS) is 13.6. The fourth-order valence-electron chi connectivity index (χ4n) is 4.80. The summed E-state index contributed by atoms with van der Waals surface area (Å²) in [6.07, 6.45) is 2.24. The topological polar surface area (TPSA) is 27.7 Å². The number of allylic oxidation sites excluding steroid dienone is 1. The third kappa shape index (κ3) is 5.04. The molecule has 1 fully saturated rings. The summed E-state index contributed by atoms with van der Waals surface area (Å²) in [5, 5.41) is 2.54. The van der Waals surface area contributed by atoms with E-state index in [1.165, 1.54) is 27.1 Å². The van der Waals surface area contributed by atoms with Crippen molar-refractivity contribution in [1.29, 1.82) is 0 Å². The summed E-state index contributed by atoms with van der Waals surface area (Å²) in [5.41, 5.74) is 5.01. The Bertz CT molecular complexity index is 1090. The van der Waals surface area contributed by atoms with Gasteiger partial charge in [-0.1, -0.05) is 99.1 Å². The van der Waals surface area contributed by atoms with E-state index >= 15 is 0 Å². The predicted molar refractivity (Wildman–Crippen MR) is 143 cm³/mol. The van der Waals surface area contributed by atoms with Gasteiger partial charge in [0.1, 0.15) is 5.75 Å². The number of rotatable bonds is 9. The number of hydrogen-bond acceptors (Lipinski definition) is 3. The molecule has 4 heteroatoms. The first-order chi connectivity index (χ1) is 16.4. The van der Waals surface area contributed by atoms with Crippen molar-refractivity contribution >= 4 is 24.3 Å². The van der Waals surface area contributed by atoms with E-state index in [0.29, 0.717) is 6.61 Å². The number of benzene rings is 3. The molecule has 3 nitrogen and oxygen atoms in total. The lowest BCUT2D eigenvalue weighted by Crippen LogP contribution is -2.66. The maximum Gasteiger partial charge on any atom is 0.261 e. The van der Waals surface area contributed by atoms with Gasteiger partial charge in [-0.05, 0) is 52.4 Å². The Balaban J connectivity index is 1.79. The van der Waals surface area contributed by atoms with Crippen molar-refractivity contribution in [1.82, 2.24) is 0 Å². The van der Waals surface area contributed by atoms with Gasteiger partial charge in [0.15, 0.2) is 6.79 Å². The lowest BCUT2D eigenvalue weighted by Gasteiger charge is -2.43. The van der Waals surface area contributed by atoms with Gasteiger partial charge in [-0.2, -0.15) is 0 Å². The molecule has 1 aliphatic carbocycles. The highest BCUT2D eigenvalue weighted by Crippen LogP contribution is 2.42. The van der Waals surface area contributed by atoms with Crippen LogP contribution in [0.5, 0.6) is 5.75 Å². The lowest BCUT2D eigenvalue weighted by molar-refractivity contribution is 0.0508. The molecule has 34 heavy (non-hydrogen) atoms. The molecule has 178 valence electrons. The first kappa shape index (κ1) is 24.5. The Kier molecular flexibility index (Phi) is 7.41. The molecule has 3 aromatic rings. The van der Waals surface area contributed by atoms with Crippen LogP contribution in [0.3, 0.4) is 0 Å². The SMILES string of the molecule is COCOc1cc(C)ccc1C(CO[Si](c1ccccc1)(c1ccccc1)C(C)(C)C)=C1CC1. The van der Waals surface area contributed by atoms with E-state index in [0.717, 1.165) is 24.2 Å². The predicted octanol–water partition coefficient (Wildman–Crippen LogP) is 6.10. The van der Waals surface area contributed by atoms with Gasteiger partial charge in [0.25, 0.3) is 8.32 Å². The van der Waals surface area contributed by atoms with Crippen LogP contribution in [0.25, 0.3) is 5.57 Å². The molecule has 0 aliphatic heterocycles. The Labute approximate surface area is 205 Å². The fourth-order valence-corrected chi connectivity index (χ4v) is 9.31. The summed E-state index contributed by atoms with van der Waals surface area (Å²) < 4.78 is 18.5. The van der Waals surface area contributed by atoms with E-state index < -0.39 is 8.32 Å². The number of aryl methyl sites for hydroxylation is 1. The number of hydrogen-bond donors (Lipinski definition) is 0. The summed E-state index contributed by atoms with van der Waals surface area (Å²) >= 11 is 0. The molecule has 3 aromatic carbocycles. The minimum Gasteiger partial charge on any atom is -0.467 e. The molecule has 0 spiro atoms. The highest BCUT2D eigenvalue weighted by Gasteiger charge is 2.50. The summed E-state index contributed by atoms with van der Waals surface area (Å²) in [6.45, 7) is 9.85. The second-order valence-corrected chi connectivity index (χ2v) is 14.4. The van der Waals surface area contributed by atoms with Crippen molar-refractivity contribution in [3.63, 3.8) is 0 Å². The Morgan fingerprint density at radius 2 is 1.44 bits per heavy atom. The molecule has 0 atom stereocenters. The quantitative estimate of drug-likeness (QED) is 0.278. The van der Waals surface area contributed by atoms with Gasteiger partial charge in [-0.3, -0.25) is 0 Å². The molecule has 0 radical (unpaired) electrons. The Hall–Kier alpha value is -2.66. The van der Waals surface area contributed by atoms with E-state index in [1.807, 2.05) is 0 Å². The maximum atomic E-state index is 7.27. The van der Waals surface area contributed by atoms with Crippen LogP contribution >= 0.6 is 0 Å². The van der Waals surface area contributed by atoms with Crippen LogP contribution in [0, 0.1) is 6.92 Å². The fraction of sp³-hybridized carbons (Fsp3) is 0.333. The van der Waals surface area contributed by atoms with Crippen LogP contribution in [-0.2, 0) is 9.16 Å². The van der Waals surface area contributed by atoms with Crippen LogP contribution in [0.2, 0.25) is 5.04 Å². The Morgan fingerprint density at radius 1 is 0.853 bits per heavy atom. The molecular formula is C30H36O3Si. The smallest absolute Gasteiger partial charge is 0.261 e. The second-order valence-electron chi connectivity index (χ2n) is 10.1. The van der Waals surface area contributed by atoms with Crippen LogP contribution in [-0.4, -0.2) is 28.8 Å². The molecule has 1 aliphatic rings. The summed E-state index contributed by atoms with van der Waals surface area (Å²) in [7, 11) is -0.962. The summed E-state index contributed by atoms with van der Waals surface area (Å²) in [5.74, 6) is 0.863. The van der Waals surface area contributed by atoms with E-state index in [4.69, 9.17) is 13.9 Å². The molecule has 1 saturated carbocycles. The van der Waals surface area contributed by atoms with Crippen molar-refractivity contribution in [2.75, 3.05) is 20.5 Å². The third-order valence-corrected chi connectivity index (χ3v) is 11.6. The Morgan fingerprint density at radius 3 is 1.94 bits per heavy atom. The molecule has 0 aromatic heterocycles. The zero-order valence-corrected chi connectivity index (χ0v) is 22.1. The van der Waals surface area contributed by atoms with E-state index in [9.17, 15) is 0 Å². The molecular weight excluding hydrogens is 436 g/mol. The second kappa shape index (κ2) is 10.3. The molecule has 0 unspecified atom stereocenters. The zero-order valence-electron chi connectivity index (χ0n) is 21.1.